The average Bonchev–Trinajstić information content (AvgIpc) is 2.66. The lowest BCUT2D eigenvalue weighted by molar-refractivity contribution is -0.140. The number of carbonyl (C=O) groups is 2. The van der Waals surface area contributed by atoms with Crippen molar-refractivity contribution in [1.82, 2.24) is 10.2 Å². The van der Waals surface area contributed by atoms with Crippen molar-refractivity contribution in [3.05, 3.63) is 41.1 Å². The standard InChI is InChI=1S/C19H25N3O4S/c1-5-15(23)20-14-8-6-13(7-9-14)17-16(18(24)26-11-10-25-4)12(2)22(3)19(27)21-17/h6-9,17H,5,10-11H2,1-4H3,(H,20,23)(H,21,27). The molecule has 0 aromatic heterocycles. The number of rotatable bonds is 7. The summed E-state index contributed by atoms with van der Waals surface area (Å²) in [4.78, 5) is 25.9. The van der Waals surface area contributed by atoms with Crippen LogP contribution < -0.4 is 10.6 Å². The minimum Gasteiger partial charge on any atom is -0.460 e. The van der Waals surface area contributed by atoms with Crippen LogP contribution >= 0.6 is 12.2 Å². The van der Waals surface area contributed by atoms with Crippen LogP contribution in [0, 0.1) is 0 Å². The van der Waals surface area contributed by atoms with Crippen LogP contribution in [-0.4, -0.2) is 49.3 Å². The summed E-state index contributed by atoms with van der Waals surface area (Å²) in [5.74, 6) is -0.473. The van der Waals surface area contributed by atoms with E-state index in [4.69, 9.17) is 21.7 Å². The molecule has 2 rings (SSSR count). The first-order chi connectivity index (χ1) is 12.9. The summed E-state index contributed by atoms with van der Waals surface area (Å²) in [6.45, 7) is 4.14. The van der Waals surface area contributed by atoms with Crippen molar-refractivity contribution in [2.75, 3.05) is 32.7 Å². The number of allylic oxidation sites excluding steroid dienone is 1. The number of thiocarbonyl (C=S) groups is 1. The lowest BCUT2D eigenvalue weighted by Crippen LogP contribution is -2.46. The quantitative estimate of drug-likeness (QED) is 0.420. The number of benzene rings is 1. The van der Waals surface area contributed by atoms with Gasteiger partial charge < -0.3 is 25.0 Å². The number of anilines is 1. The normalized spacial score (nSPS) is 16.8. The lowest BCUT2D eigenvalue weighted by atomic mass is 9.95. The minimum atomic E-state index is -0.431. The molecular formula is C19H25N3O4S. The number of methoxy groups -OCH3 is 1. The van der Waals surface area contributed by atoms with Gasteiger partial charge in [0.1, 0.15) is 6.61 Å². The Morgan fingerprint density at radius 2 is 1.93 bits per heavy atom. The van der Waals surface area contributed by atoms with Gasteiger partial charge in [-0.15, -0.1) is 0 Å². The molecule has 1 heterocycles. The number of amides is 1. The third kappa shape index (κ3) is 5.05. The molecule has 146 valence electrons. The van der Waals surface area contributed by atoms with E-state index in [2.05, 4.69) is 10.6 Å². The molecule has 1 aromatic rings. The number of hydrogen-bond donors (Lipinski definition) is 2. The molecule has 0 aliphatic carbocycles. The Hall–Kier alpha value is -2.45. The third-order valence-corrected chi connectivity index (χ3v) is 4.74. The van der Waals surface area contributed by atoms with Gasteiger partial charge in [-0.05, 0) is 36.8 Å². The molecule has 0 radical (unpaired) electrons. The molecule has 1 atom stereocenters. The number of ether oxygens (including phenoxy) is 2. The number of carbonyl (C=O) groups excluding carboxylic acids is 2. The van der Waals surface area contributed by atoms with E-state index in [1.54, 1.807) is 38.1 Å². The number of nitrogens with one attached hydrogen (secondary N) is 2. The highest BCUT2D eigenvalue weighted by Gasteiger charge is 2.33. The zero-order valence-corrected chi connectivity index (χ0v) is 16.8. The van der Waals surface area contributed by atoms with Gasteiger partial charge in [-0.1, -0.05) is 19.1 Å². The van der Waals surface area contributed by atoms with Crippen molar-refractivity contribution in [3.8, 4) is 0 Å². The van der Waals surface area contributed by atoms with Crippen LogP contribution in [-0.2, 0) is 19.1 Å². The Labute approximate surface area is 164 Å². The summed E-state index contributed by atoms with van der Waals surface area (Å²) < 4.78 is 10.3. The molecule has 1 aromatic carbocycles. The molecule has 0 bridgehead atoms. The zero-order valence-electron chi connectivity index (χ0n) is 16.0. The number of hydrogen-bond acceptors (Lipinski definition) is 5. The van der Waals surface area contributed by atoms with Gasteiger partial charge in [0.15, 0.2) is 5.11 Å². The van der Waals surface area contributed by atoms with E-state index in [1.165, 1.54) is 0 Å². The highest BCUT2D eigenvalue weighted by atomic mass is 32.1. The molecule has 0 saturated carbocycles. The number of esters is 1. The van der Waals surface area contributed by atoms with Gasteiger partial charge in [-0.2, -0.15) is 0 Å². The predicted molar refractivity (Wildman–Crippen MR) is 107 cm³/mol. The molecule has 8 heteroatoms. The maximum Gasteiger partial charge on any atom is 0.338 e. The fraction of sp³-hybridized carbons (Fsp3) is 0.421. The summed E-state index contributed by atoms with van der Waals surface area (Å²) in [5.41, 5.74) is 2.77. The van der Waals surface area contributed by atoms with Crippen molar-refractivity contribution < 1.29 is 19.1 Å². The summed E-state index contributed by atoms with van der Waals surface area (Å²) in [7, 11) is 3.35. The summed E-state index contributed by atoms with van der Waals surface area (Å²) in [5, 5.41) is 6.51. The van der Waals surface area contributed by atoms with Crippen LogP contribution in [0.1, 0.15) is 31.9 Å². The molecule has 1 amide bonds. The maximum atomic E-state index is 12.7. The predicted octanol–water partition coefficient (Wildman–Crippen LogP) is 2.36. The summed E-state index contributed by atoms with van der Waals surface area (Å²) >= 11 is 5.38. The van der Waals surface area contributed by atoms with Gasteiger partial charge in [0.05, 0.1) is 18.2 Å². The zero-order chi connectivity index (χ0) is 20.0. The summed E-state index contributed by atoms with van der Waals surface area (Å²) in [6.07, 6.45) is 0.409. The van der Waals surface area contributed by atoms with Gasteiger partial charge >= 0.3 is 5.97 Å². The Morgan fingerprint density at radius 1 is 1.26 bits per heavy atom. The highest BCUT2D eigenvalue weighted by molar-refractivity contribution is 7.80. The monoisotopic (exact) mass is 391 g/mol. The van der Waals surface area contributed by atoms with E-state index in [0.29, 0.717) is 29.4 Å². The van der Waals surface area contributed by atoms with Crippen LogP contribution in [0.4, 0.5) is 5.69 Å². The molecule has 1 aliphatic rings. The van der Waals surface area contributed by atoms with Crippen molar-refractivity contribution in [1.29, 1.82) is 0 Å². The van der Waals surface area contributed by atoms with Crippen LogP contribution in [0.3, 0.4) is 0 Å². The van der Waals surface area contributed by atoms with E-state index in [1.807, 2.05) is 19.1 Å². The smallest absolute Gasteiger partial charge is 0.338 e. The van der Waals surface area contributed by atoms with Crippen LogP contribution in [0.5, 0.6) is 0 Å². The number of nitrogens with zero attached hydrogens (tertiary/aromatic N) is 1. The van der Waals surface area contributed by atoms with E-state index < -0.39 is 12.0 Å². The van der Waals surface area contributed by atoms with Gasteiger partial charge in [-0.3, -0.25) is 4.79 Å². The van der Waals surface area contributed by atoms with E-state index in [-0.39, 0.29) is 12.5 Å². The Bertz CT molecular complexity index is 746. The fourth-order valence-corrected chi connectivity index (χ4v) is 2.91. The van der Waals surface area contributed by atoms with Gasteiger partial charge in [0, 0.05) is 32.0 Å². The highest BCUT2D eigenvalue weighted by Crippen LogP contribution is 2.31. The largest absolute Gasteiger partial charge is 0.460 e. The van der Waals surface area contributed by atoms with E-state index in [0.717, 1.165) is 11.3 Å². The Morgan fingerprint density at radius 3 is 2.52 bits per heavy atom. The SMILES string of the molecule is CCC(=O)Nc1ccc(C2NC(=S)N(C)C(C)=C2C(=O)OCCOC)cc1. The molecular weight excluding hydrogens is 366 g/mol. The van der Waals surface area contributed by atoms with E-state index >= 15 is 0 Å². The molecule has 2 N–H and O–H groups in total. The second-order valence-electron chi connectivity index (χ2n) is 6.09. The molecule has 0 fully saturated rings. The van der Waals surface area contributed by atoms with Crippen LogP contribution in [0.15, 0.2) is 35.5 Å². The molecule has 1 unspecified atom stereocenters. The van der Waals surface area contributed by atoms with Crippen molar-refractivity contribution in [3.63, 3.8) is 0 Å². The Kier molecular flexibility index (Phi) is 7.32. The Balaban J connectivity index is 2.29. The van der Waals surface area contributed by atoms with Crippen molar-refractivity contribution >= 4 is 34.9 Å². The molecule has 7 nitrogen and oxygen atoms in total. The molecule has 0 saturated heterocycles. The average molecular weight is 391 g/mol. The first-order valence-electron chi connectivity index (χ1n) is 8.69. The topological polar surface area (TPSA) is 79.9 Å². The third-order valence-electron chi connectivity index (χ3n) is 4.34. The first-order valence-corrected chi connectivity index (χ1v) is 9.10. The molecule has 0 spiro atoms. The van der Waals surface area contributed by atoms with Crippen LogP contribution in [0.25, 0.3) is 0 Å². The second-order valence-corrected chi connectivity index (χ2v) is 6.48. The second kappa shape index (κ2) is 9.48. The summed E-state index contributed by atoms with van der Waals surface area (Å²) in [6, 6.07) is 6.88. The van der Waals surface area contributed by atoms with Crippen molar-refractivity contribution in [2.24, 2.45) is 0 Å². The molecule has 27 heavy (non-hydrogen) atoms. The van der Waals surface area contributed by atoms with Gasteiger partial charge in [-0.25, -0.2) is 4.79 Å². The first kappa shape index (κ1) is 20.9. The van der Waals surface area contributed by atoms with Gasteiger partial charge in [0.2, 0.25) is 5.91 Å². The van der Waals surface area contributed by atoms with Crippen LogP contribution in [0.2, 0.25) is 0 Å². The van der Waals surface area contributed by atoms with Gasteiger partial charge in [0.25, 0.3) is 0 Å². The van der Waals surface area contributed by atoms with E-state index in [9.17, 15) is 9.59 Å². The lowest BCUT2D eigenvalue weighted by Gasteiger charge is -2.35. The fourth-order valence-electron chi connectivity index (χ4n) is 2.65. The van der Waals surface area contributed by atoms with Crippen molar-refractivity contribution in [2.45, 2.75) is 26.3 Å². The molecule has 1 aliphatic heterocycles. The minimum absolute atomic E-state index is 0.0560. The maximum absolute atomic E-state index is 12.7.